The van der Waals surface area contributed by atoms with Crippen molar-refractivity contribution >= 4 is 33.4 Å². The van der Waals surface area contributed by atoms with Crippen LogP contribution in [0.4, 0.5) is 5.69 Å². The summed E-state index contributed by atoms with van der Waals surface area (Å²) in [5.41, 5.74) is 0.0485. The summed E-state index contributed by atoms with van der Waals surface area (Å²) in [6, 6.07) is 4.91. The monoisotopic (exact) mass is 314 g/mol. The molecule has 0 bridgehead atoms. The lowest BCUT2D eigenvalue weighted by Gasteiger charge is -2.02. The van der Waals surface area contributed by atoms with Gasteiger partial charge in [0, 0.05) is 17.6 Å². The van der Waals surface area contributed by atoms with Crippen LogP contribution < -0.4 is 0 Å². The molecule has 1 aromatic heterocycles. The predicted octanol–water partition coefficient (Wildman–Crippen LogP) is 2.64. The number of rotatable bonds is 3. The molecule has 17 heavy (non-hydrogen) atoms. The summed E-state index contributed by atoms with van der Waals surface area (Å²) in [6.07, 6.45) is 1.55. The number of benzene rings is 1. The zero-order chi connectivity index (χ0) is 12.4. The Labute approximate surface area is 109 Å². The van der Waals surface area contributed by atoms with E-state index in [2.05, 4.69) is 26.1 Å². The van der Waals surface area contributed by atoms with Crippen molar-refractivity contribution in [2.24, 2.45) is 7.05 Å². The Bertz CT molecular complexity index is 572. The van der Waals surface area contributed by atoms with Crippen LogP contribution in [0.25, 0.3) is 0 Å². The van der Waals surface area contributed by atoms with Crippen LogP contribution in [0.2, 0.25) is 0 Å². The van der Waals surface area contributed by atoms with E-state index in [4.69, 9.17) is 0 Å². The summed E-state index contributed by atoms with van der Waals surface area (Å²) in [7, 11) is 1.78. The van der Waals surface area contributed by atoms with E-state index < -0.39 is 4.92 Å². The fraction of sp³-hybridized carbons (Fsp3) is 0.111. The molecule has 8 heteroatoms. The second kappa shape index (κ2) is 4.84. The highest BCUT2D eigenvalue weighted by molar-refractivity contribution is 9.10. The zero-order valence-electron chi connectivity index (χ0n) is 8.70. The topological polar surface area (TPSA) is 73.8 Å². The molecule has 2 aromatic rings. The summed E-state index contributed by atoms with van der Waals surface area (Å²) >= 11 is 4.42. The van der Waals surface area contributed by atoms with Crippen molar-refractivity contribution in [3.8, 4) is 0 Å². The van der Waals surface area contributed by atoms with Gasteiger partial charge in [-0.05, 0) is 23.9 Å². The lowest BCUT2D eigenvalue weighted by Crippen LogP contribution is -1.93. The molecule has 0 amide bonds. The van der Waals surface area contributed by atoms with Crippen LogP contribution in [0.3, 0.4) is 0 Å². The Hall–Kier alpha value is -1.41. The Morgan fingerprint density at radius 3 is 2.88 bits per heavy atom. The highest BCUT2D eigenvalue weighted by Gasteiger charge is 2.17. The highest BCUT2D eigenvalue weighted by atomic mass is 79.9. The van der Waals surface area contributed by atoms with Gasteiger partial charge >= 0.3 is 0 Å². The number of hydrogen-bond acceptors (Lipinski definition) is 5. The summed E-state index contributed by atoms with van der Waals surface area (Å²) < 4.78 is 2.38. The molecule has 0 spiro atoms. The van der Waals surface area contributed by atoms with Crippen molar-refractivity contribution in [3.05, 3.63) is 39.1 Å². The smallest absolute Gasteiger partial charge is 0.284 e. The average Bonchev–Trinajstić information content (AvgIpc) is 2.67. The largest absolute Gasteiger partial charge is 0.311 e. The number of aromatic nitrogens is 3. The van der Waals surface area contributed by atoms with Gasteiger partial charge in [0.25, 0.3) is 5.69 Å². The van der Waals surface area contributed by atoms with Crippen LogP contribution in [0.5, 0.6) is 0 Å². The minimum Gasteiger partial charge on any atom is -0.311 e. The van der Waals surface area contributed by atoms with Crippen LogP contribution in [0.1, 0.15) is 0 Å². The van der Waals surface area contributed by atoms with Crippen molar-refractivity contribution in [1.29, 1.82) is 0 Å². The number of nitrogens with zero attached hydrogens (tertiary/aromatic N) is 4. The average molecular weight is 315 g/mol. The fourth-order valence-corrected chi connectivity index (χ4v) is 2.38. The molecule has 0 unspecified atom stereocenters. The fourth-order valence-electron chi connectivity index (χ4n) is 1.18. The molecule has 0 atom stereocenters. The summed E-state index contributed by atoms with van der Waals surface area (Å²) in [5, 5.41) is 19.1. The van der Waals surface area contributed by atoms with E-state index in [0.717, 1.165) is 0 Å². The predicted molar refractivity (Wildman–Crippen MR) is 65.9 cm³/mol. The molecule has 0 radical (unpaired) electrons. The Balaban J connectivity index is 2.39. The third-order valence-corrected chi connectivity index (χ3v) is 3.60. The Morgan fingerprint density at radius 1 is 1.53 bits per heavy atom. The number of hydrogen-bond donors (Lipinski definition) is 0. The van der Waals surface area contributed by atoms with E-state index in [-0.39, 0.29) is 5.69 Å². The number of halogens is 1. The van der Waals surface area contributed by atoms with E-state index in [1.54, 1.807) is 30.1 Å². The quantitative estimate of drug-likeness (QED) is 0.643. The Morgan fingerprint density at radius 2 is 2.29 bits per heavy atom. The first-order valence-corrected chi connectivity index (χ1v) is 6.14. The summed E-state index contributed by atoms with van der Waals surface area (Å²) in [4.78, 5) is 11.0. The van der Waals surface area contributed by atoms with Crippen molar-refractivity contribution < 1.29 is 4.92 Å². The normalized spacial score (nSPS) is 10.5. The van der Waals surface area contributed by atoms with Gasteiger partial charge in [0.2, 0.25) is 0 Å². The van der Waals surface area contributed by atoms with Gasteiger partial charge in [-0.2, -0.15) is 0 Å². The number of aryl methyl sites for hydroxylation is 1. The van der Waals surface area contributed by atoms with Crippen LogP contribution >= 0.6 is 27.7 Å². The molecular weight excluding hydrogens is 308 g/mol. The molecule has 1 heterocycles. The lowest BCUT2D eigenvalue weighted by molar-refractivity contribution is -0.387. The van der Waals surface area contributed by atoms with Crippen molar-refractivity contribution in [2.75, 3.05) is 0 Å². The standard InChI is InChI=1S/C9H7BrN4O2S/c1-13-5-11-12-9(13)17-8-3-2-6(10)4-7(8)14(15)16/h2-5H,1H3. The van der Waals surface area contributed by atoms with Crippen LogP contribution in [-0.4, -0.2) is 19.7 Å². The van der Waals surface area contributed by atoms with Crippen LogP contribution in [0.15, 0.2) is 39.1 Å². The molecule has 0 aliphatic rings. The van der Waals surface area contributed by atoms with E-state index in [1.165, 1.54) is 17.8 Å². The van der Waals surface area contributed by atoms with Crippen LogP contribution in [-0.2, 0) is 7.05 Å². The van der Waals surface area contributed by atoms with Gasteiger partial charge in [0.05, 0.1) is 9.82 Å². The van der Waals surface area contributed by atoms with Gasteiger partial charge in [-0.3, -0.25) is 10.1 Å². The second-order valence-electron chi connectivity index (χ2n) is 3.20. The molecule has 0 saturated carbocycles. The first-order chi connectivity index (χ1) is 8.08. The van der Waals surface area contributed by atoms with Gasteiger partial charge in [-0.15, -0.1) is 10.2 Å². The molecule has 0 fully saturated rings. The first-order valence-electron chi connectivity index (χ1n) is 4.53. The third-order valence-electron chi connectivity index (χ3n) is 1.99. The molecule has 0 saturated heterocycles. The van der Waals surface area contributed by atoms with Gasteiger partial charge in [-0.1, -0.05) is 15.9 Å². The van der Waals surface area contributed by atoms with Crippen molar-refractivity contribution in [2.45, 2.75) is 10.1 Å². The Kier molecular flexibility index (Phi) is 3.43. The third kappa shape index (κ3) is 2.64. The van der Waals surface area contributed by atoms with Gasteiger partial charge in [0.1, 0.15) is 6.33 Å². The van der Waals surface area contributed by atoms with E-state index >= 15 is 0 Å². The van der Waals surface area contributed by atoms with Gasteiger partial charge in [0.15, 0.2) is 5.16 Å². The molecule has 0 aliphatic carbocycles. The number of nitro groups is 1. The molecule has 0 aliphatic heterocycles. The molecule has 0 N–H and O–H groups in total. The minimum atomic E-state index is -0.413. The number of nitro benzene ring substituents is 1. The zero-order valence-corrected chi connectivity index (χ0v) is 11.1. The second-order valence-corrected chi connectivity index (χ2v) is 5.12. The SMILES string of the molecule is Cn1cnnc1Sc1ccc(Br)cc1[N+](=O)[O-]. The van der Waals surface area contributed by atoms with Crippen LogP contribution in [0, 0.1) is 10.1 Å². The van der Waals surface area contributed by atoms with Gasteiger partial charge < -0.3 is 4.57 Å². The maximum atomic E-state index is 10.9. The van der Waals surface area contributed by atoms with E-state index in [1.807, 2.05) is 0 Å². The summed E-state index contributed by atoms with van der Waals surface area (Å²) in [6.45, 7) is 0. The maximum absolute atomic E-state index is 10.9. The van der Waals surface area contributed by atoms with Crippen molar-refractivity contribution in [1.82, 2.24) is 14.8 Å². The molecule has 2 rings (SSSR count). The van der Waals surface area contributed by atoms with E-state index in [0.29, 0.717) is 14.5 Å². The molecule has 6 nitrogen and oxygen atoms in total. The first kappa shape index (κ1) is 12.1. The maximum Gasteiger partial charge on any atom is 0.284 e. The lowest BCUT2D eigenvalue weighted by atomic mass is 10.3. The summed E-state index contributed by atoms with van der Waals surface area (Å²) in [5.74, 6) is 0. The molecule has 88 valence electrons. The molecular formula is C9H7BrN4O2S. The van der Waals surface area contributed by atoms with Crippen molar-refractivity contribution in [3.63, 3.8) is 0 Å². The minimum absolute atomic E-state index is 0.0485. The highest BCUT2D eigenvalue weighted by Crippen LogP contribution is 2.35. The van der Waals surface area contributed by atoms with Gasteiger partial charge in [-0.25, -0.2) is 0 Å². The molecule has 1 aromatic carbocycles. The van der Waals surface area contributed by atoms with E-state index in [9.17, 15) is 10.1 Å².